The summed E-state index contributed by atoms with van der Waals surface area (Å²) < 4.78 is 8.51. The molecule has 41 heavy (non-hydrogen) atoms. The van der Waals surface area contributed by atoms with E-state index in [4.69, 9.17) is 4.74 Å². The van der Waals surface area contributed by atoms with E-state index in [-0.39, 0.29) is 28.3 Å². The second kappa shape index (κ2) is 19.1. The van der Waals surface area contributed by atoms with Gasteiger partial charge in [-0.25, -0.2) is 0 Å². The van der Waals surface area contributed by atoms with Crippen molar-refractivity contribution in [3.8, 4) is 5.75 Å². The molecule has 1 N–H and O–H groups in total. The molecule has 0 saturated heterocycles. The van der Waals surface area contributed by atoms with Crippen LogP contribution in [0, 0.1) is 0 Å². The molecule has 6 heteroatoms. The van der Waals surface area contributed by atoms with E-state index < -0.39 is 0 Å². The van der Waals surface area contributed by atoms with Crippen LogP contribution in [0.2, 0.25) is 0 Å². The number of amides is 1. The molecule has 0 radical (unpaired) electrons. The van der Waals surface area contributed by atoms with Crippen molar-refractivity contribution in [3.63, 3.8) is 0 Å². The third-order valence-corrected chi connectivity index (χ3v) is 8.09. The van der Waals surface area contributed by atoms with Crippen LogP contribution < -0.4 is 31.6 Å². The molecule has 0 aliphatic heterocycles. The number of carbonyl (C=O) groups excluding carboxylic acids is 1. The van der Waals surface area contributed by atoms with Crippen LogP contribution in [0.5, 0.6) is 5.75 Å². The van der Waals surface area contributed by atoms with Crippen molar-refractivity contribution >= 4 is 22.9 Å². The number of carbonyl (C=O) groups is 1. The Hall–Kier alpha value is -2.18. The van der Waals surface area contributed by atoms with Gasteiger partial charge in [-0.2, -0.15) is 4.57 Å². The van der Waals surface area contributed by atoms with E-state index >= 15 is 0 Å². The average Bonchev–Trinajstić information content (AvgIpc) is 3.45. The summed E-state index contributed by atoms with van der Waals surface area (Å²) in [4.78, 5) is 13.4. The smallest absolute Gasteiger partial charge is 0.259 e. The number of halogens is 1. The third-order valence-electron chi connectivity index (χ3n) is 7.42. The minimum atomic E-state index is -0.129. The molecule has 4 nitrogen and oxygen atoms in total. The Kier molecular flexibility index (Phi) is 16.3. The van der Waals surface area contributed by atoms with E-state index in [2.05, 4.69) is 72.9 Å². The number of aromatic nitrogens is 1. The number of thiazole rings is 1. The Morgan fingerprint density at radius 1 is 0.854 bits per heavy atom. The number of benzene rings is 2. The maximum absolute atomic E-state index is 13.4. The molecule has 0 fully saturated rings. The fourth-order valence-electron chi connectivity index (χ4n) is 5.03. The summed E-state index contributed by atoms with van der Waals surface area (Å²) in [5.74, 6) is 0.594. The van der Waals surface area contributed by atoms with Gasteiger partial charge in [0.05, 0.1) is 17.6 Å². The highest BCUT2D eigenvalue weighted by Gasteiger charge is 2.24. The molecule has 1 heterocycles. The van der Waals surface area contributed by atoms with Gasteiger partial charge >= 0.3 is 0 Å². The zero-order valence-electron chi connectivity index (χ0n) is 25.7. The number of hydrogen-bond donors (Lipinski definition) is 1. The summed E-state index contributed by atoms with van der Waals surface area (Å²) in [6, 6.07) is 14.0. The Morgan fingerprint density at radius 2 is 1.46 bits per heavy atom. The van der Waals surface area contributed by atoms with E-state index in [1.807, 2.05) is 24.3 Å². The fraction of sp³-hybridized carbons (Fsp3) is 0.543. The lowest BCUT2D eigenvalue weighted by atomic mass is 9.85. The van der Waals surface area contributed by atoms with Gasteiger partial charge in [-0.3, -0.25) is 4.79 Å². The van der Waals surface area contributed by atoms with Gasteiger partial charge in [0.15, 0.2) is 12.7 Å². The molecule has 2 aromatic carbocycles. The Morgan fingerprint density at radius 3 is 2.02 bits per heavy atom. The van der Waals surface area contributed by atoms with Crippen LogP contribution in [-0.2, 0) is 12.0 Å². The lowest BCUT2D eigenvalue weighted by Gasteiger charge is -2.24. The molecular weight excluding hydrogens is 592 g/mol. The number of para-hydroxylation sites is 1. The monoisotopic (exact) mass is 642 g/mol. The fourth-order valence-corrected chi connectivity index (χ4v) is 5.63. The predicted molar refractivity (Wildman–Crippen MR) is 170 cm³/mol. The van der Waals surface area contributed by atoms with Crippen LogP contribution in [0.4, 0.5) is 5.69 Å². The molecule has 0 saturated carbocycles. The van der Waals surface area contributed by atoms with E-state index in [1.165, 1.54) is 76.2 Å². The Labute approximate surface area is 263 Å². The molecule has 0 aliphatic rings. The van der Waals surface area contributed by atoms with Gasteiger partial charge in [0.2, 0.25) is 5.51 Å². The molecule has 0 atom stereocenters. The highest BCUT2D eigenvalue weighted by Crippen LogP contribution is 2.35. The molecule has 1 amide bonds. The summed E-state index contributed by atoms with van der Waals surface area (Å²) in [5.41, 5.74) is 5.63. The van der Waals surface area contributed by atoms with Crippen LogP contribution in [0.3, 0.4) is 0 Å². The molecule has 0 bridgehead atoms. The highest BCUT2D eigenvalue weighted by molar-refractivity contribution is 7.07. The molecule has 3 rings (SSSR count). The summed E-state index contributed by atoms with van der Waals surface area (Å²) in [6.07, 6.45) is 17.9. The van der Waals surface area contributed by atoms with Crippen molar-refractivity contribution in [2.75, 3.05) is 11.9 Å². The van der Waals surface area contributed by atoms with Gasteiger partial charge in [0, 0.05) is 16.8 Å². The number of unbranched alkanes of at least 4 members (excludes halogenated alkanes) is 11. The van der Waals surface area contributed by atoms with Gasteiger partial charge in [0.25, 0.3) is 5.91 Å². The predicted octanol–water partition coefficient (Wildman–Crippen LogP) is 6.72. The molecule has 0 aliphatic carbocycles. The summed E-state index contributed by atoms with van der Waals surface area (Å²) in [6.45, 7) is 10.3. The second-order valence-electron chi connectivity index (χ2n) is 12.0. The number of anilines is 1. The van der Waals surface area contributed by atoms with Crippen molar-refractivity contribution in [2.24, 2.45) is 0 Å². The lowest BCUT2D eigenvalue weighted by Crippen LogP contribution is -3.00. The maximum Gasteiger partial charge on any atom is 0.259 e. The first-order valence-corrected chi connectivity index (χ1v) is 16.4. The molecule has 1 aromatic heterocycles. The van der Waals surface area contributed by atoms with Crippen LogP contribution in [0.25, 0.3) is 0 Å². The quantitative estimate of drug-likeness (QED) is 0.124. The number of nitrogens with one attached hydrogen (secondary N) is 1. The molecule has 226 valence electrons. The van der Waals surface area contributed by atoms with Crippen molar-refractivity contribution in [2.45, 2.75) is 117 Å². The van der Waals surface area contributed by atoms with E-state index in [1.54, 1.807) is 11.3 Å². The summed E-state index contributed by atoms with van der Waals surface area (Å²) in [5, 5.41) is 5.16. The Balaban J connectivity index is 0.00000588. The van der Waals surface area contributed by atoms with Crippen molar-refractivity contribution < 1.29 is 31.1 Å². The normalized spacial score (nSPS) is 11.2. The van der Waals surface area contributed by atoms with Crippen molar-refractivity contribution in [1.29, 1.82) is 0 Å². The van der Waals surface area contributed by atoms with Crippen molar-refractivity contribution in [3.05, 3.63) is 76.2 Å². The zero-order chi connectivity index (χ0) is 28.6. The van der Waals surface area contributed by atoms with Crippen LogP contribution >= 0.6 is 11.3 Å². The first kappa shape index (κ1) is 35.0. The van der Waals surface area contributed by atoms with Crippen molar-refractivity contribution in [1.82, 2.24) is 0 Å². The summed E-state index contributed by atoms with van der Waals surface area (Å²) >= 11 is 1.68. The van der Waals surface area contributed by atoms with Crippen LogP contribution in [0.1, 0.15) is 126 Å². The van der Waals surface area contributed by atoms with Crippen LogP contribution in [-0.4, -0.2) is 12.5 Å². The standard InChI is InChI=1S/C35H50N2O2S.BrH/c1-5-6-7-8-9-10-11-12-13-14-15-16-25-39-33-31(18-17-19-32(33)35(2,3)4)34(38)36-30-22-20-29(21-23-30)27-37-24-26-40-28-37;/h17-24,26,28H,5-16,25,27H2,1-4H3;1H. The Bertz CT molecular complexity index is 1120. The number of hydrogen-bond acceptors (Lipinski definition) is 3. The van der Waals surface area contributed by atoms with Gasteiger partial charge in [-0.15, -0.1) is 0 Å². The SMILES string of the molecule is CCCCCCCCCCCCCCOc1c(C(=O)Nc2ccc(C[n+]3ccsc3)cc2)cccc1C(C)(C)C.[Br-]. The van der Waals surface area contributed by atoms with Gasteiger partial charge in [-0.1, -0.05) is 134 Å². The number of ether oxygens (including phenoxy) is 1. The zero-order valence-corrected chi connectivity index (χ0v) is 28.1. The second-order valence-corrected chi connectivity index (χ2v) is 12.8. The maximum atomic E-state index is 13.4. The first-order chi connectivity index (χ1) is 19.4. The lowest BCUT2D eigenvalue weighted by molar-refractivity contribution is -0.683. The molecule has 0 spiro atoms. The van der Waals surface area contributed by atoms with Gasteiger partial charge in [-0.05, 0) is 30.0 Å². The largest absolute Gasteiger partial charge is 1.00 e. The third kappa shape index (κ3) is 12.7. The molecular formula is C35H51BrN2O2S. The molecule has 3 aromatic rings. The minimum absolute atomic E-state index is 0. The number of rotatable bonds is 18. The summed E-state index contributed by atoms with van der Waals surface area (Å²) in [7, 11) is 0. The van der Waals surface area contributed by atoms with E-state index in [9.17, 15) is 4.79 Å². The number of nitrogens with zero attached hydrogens (tertiary/aromatic N) is 1. The van der Waals surface area contributed by atoms with E-state index in [0.717, 1.165) is 30.0 Å². The first-order valence-electron chi connectivity index (χ1n) is 15.5. The highest BCUT2D eigenvalue weighted by atomic mass is 79.9. The average molecular weight is 644 g/mol. The molecule has 0 unspecified atom stereocenters. The minimum Gasteiger partial charge on any atom is -1.00 e. The van der Waals surface area contributed by atoms with Gasteiger partial charge in [0.1, 0.15) is 5.75 Å². The van der Waals surface area contributed by atoms with Gasteiger partial charge < -0.3 is 27.0 Å². The van der Waals surface area contributed by atoms with E-state index in [0.29, 0.717) is 12.2 Å². The topological polar surface area (TPSA) is 42.2 Å². The van der Waals surface area contributed by atoms with Crippen LogP contribution in [0.15, 0.2) is 59.6 Å².